The van der Waals surface area contributed by atoms with Crippen molar-refractivity contribution in [2.24, 2.45) is 0 Å². The average molecular weight is 201 g/mol. The lowest BCUT2D eigenvalue weighted by atomic mass is 10.2. The summed E-state index contributed by atoms with van der Waals surface area (Å²) in [4.78, 5) is 10.4. The molecule has 1 fully saturated rings. The Bertz CT molecular complexity index is 114. The van der Waals surface area contributed by atoms with Crippen LogP contribution in [-0.4, -0.2) is 25.7 Å². The van der Waals surface area contributed by atoms with E-state index in [1.54, 1.807) is 0 Å². The van der Waals surface area contributed by atoms with Gasteiger partial charge in [-0.25, -0.2) is 0 Å². The lowest BCUT2D eigenvalue weighted by Crippen LogP contribution is -2.21. The van der Waals surface area contributed by atoms with Crippen LogP contribution in [0.15, 0.2) is 0 Å². The van der Waals surface area contributed by atoms with Gasteiger partial charge in [0, 0.05) is 6.42 Å². The lowest BCUT2D eigenvalue weighted by Gasteiger charge is -2.08. The fraction of sp³-hybridized carbons (Fsp3) is 0.909. The number of carbonyl (C=O) groups is 1. The first kappa shape index (κ1) is 13.4. The first-order valence-corrected chi connectivity index (χ1v) is 5.67. The van der Waals surface area contributed by atoms with Crippen LogP contribution in [0.25, 0.3) is 0 Å². The van der Waals surface area contributed by atoms with E-state index >= 15 is 0 Å². The van der Waals surface area contributed by atoms with Crippen LogP contribution in [0.2, 0.25) is 0 Å². The van der Waals surface area contributed by atoms with Gasteiger partial charge in [0.15, 0.2) is 0 Å². The largest absolute Gasteiger partial charge is 0.466 e. The monoisotopic (exact) mass is 201 g/mol. The van der Waals surface area contributed by atoms with E-state index in [2.05, 4.69) is 10.1 Å². The van der Waals surface area contributed by atoms with Crippen molar-refractivity contribution >= 4 is 5.97 Å². The van der Waals surface area contributed by atoms with Crippen LogP contribution in [0.5, 0.6) is 0 Å². The van der Waals surface area contributed by atoms with Crippen LogP contribution in [0.3, 0.4) is 0 Å². The van der Waals surface area contributed by atoms with Gasteiger partial charge in [-0.3, -0.25) is 4.79 Å². The highest BCUT2D eigenvalue weighted by atomic mass is 16.5. The molecule has 14 heavy (non-hydrogen) atoms. The Balaban J connectivity index is 0.000000249. The zero-order valence-corrected chi connectivity index (χ0v) is 9.47. The molecule has 1 rings (SSSR count). The summed E-state index contributed by atoms with van der Waals surface area (Å²) in [6, 6.07) is 0. The third kappa shape index (κ3) is 9.52. The molecule has 0 spiro atoms. The summed E-state index contributed by atoms with van der Waals surface area (Å²) in [5, 5.41) is 3.28. The second-order valence-corrected chi connectivity index (χ2v) is 3.37. The number of carbonyl (C=O) groups excluding carboxylic acids is 1. The second-order valence-electron chi connectivity index (χ2n) is 3.37. The molecule has 0 amide bonds. The van der Waals surface area contributed by atoms with Crippen LogP contribution in [0, 0.1) is 0 Å². The molecule has 1 aliphatic heterocycles. The van der Waals surface area contributed by atoms with E-state index in [-0.39, 0.29) is 5.97 Å². The molecule has 1 aliphatic rings. The summed E-state index contributed by atoms with van der Waals surface area (Å²) in [5.74, 6) is -0.0880. The molecule has 0 radical (unpaired) electrons. The summed E-state index contributed by atoms with van der Waals surface area (Å²) in [7, 11) is 0. The van der Waals surface area contributed by atoms with Gasteiger partial charge in [-0.05, 0) is 39.3 Å². The maximum atomic E-state index is 10.4. The van der Waals surface area contributed by atoms with Crippen molar-refractivity contribution < 1.29 is 9.53 Å². The normalized spacial score (nSPS) is 15.3. The highest BCUT2D eigenvalue weighted by Gasteiger charge is 1.95. The molecule has 3 nitrogen and oxygen atoms in total. The standard InChI is InChI=1S/C6H12O2.C5H11N/c1-3-5-6(7)8-4-2;1-2-4-6-5-3-1/h3-5H2,1-2H3;6H,1-5H2. The predicted octanol–water partition coefficient (Wildman–Crippen LogP) is 2.11. The zero-order chi connectivity index (χ0) is 10.6. The second kappa shape index (κ2) is 10.5. The molecule has 1 saturated heterocycles. The molecule has 0 atom stereocenters. The minimum atomic E-state index is -0.0880. The van der Waals surface area contributed by atoms with Gasteiger partial charge in [-0.2, -0.15) is 0 Å². The van der Waals surface area contributed by atoms with E-state index < -0.39 is 0 Å². The van der Waals surface area contributed by atoms with Gasteiger partial charge < -0.3 is 10.1 Å². The van der Waals surface area contributed by atoms with Crippen molar-refractivity contribution in [3.8, 4) is 0 Å². The number of nitrogens with one attached hydrogen (secondary N) is 1. The van der Waals surface area contributed by atoms with Crippen LogP contribution in [0.4, 0.5) is 0 Å². The number of rotatable bonds is 3. The summed E-state index contributed by atoms with van der Waals surface area (Å²) in [6.45, 7) is 6.77. The predicted molar refractivity (Wildman–Crippen MR) is 58.3 cm³/mol. The molecule has 0 aliphatic carbocycles. The molecule has 0 aromatic carbocycles. The Labute approximate surface area is 87.2 Å². The molecule has 3 heteroatoms. The number of piperidine rings is 1. The van der Waals surface area contributed by atoms with E-state index in [1.165, 1.54) is 32.4 Å². The molecule has 0 aromatic rings. The Hall–Kier alpha value is -0.570. The van der Waals surface area contributed by atoms with Crippen molar-refractivity contribution in [1.29, 1.82) is 0 Å². The van der Waals surface area contributed by atoms with Crippen molar-refractivity contribution in [2.75, 3.05) is 19.7 Å². The van der Waals surface area contributed by atoms with E-state index in [0.717, 1.165) is 6.42 Å². The van der Waals surface area contributed by atoms with Crippen LogP contribution in [0.1, 0.15) is 46.0 Å². The quantitative estimate of drug-likeness (QED) is 0.711. The third-order valence-electron chi connectivity index (χ3n) is 1.97. The topological polar surface area (TPSA) is 38.3 Å². The summed E-state index contributed by atoms with van der Waals surface area (Å²) < 4.78 is 4.64. The van der Waals surface area contributed by atoms with E-state index in [9.17, 15) is 4.79 Å². The van der Waals surface area contributed by atoms with Crippen LogP contribution >= 0.6 is 0 Å². The molecule has 0 aromatic heterocycles. The molecule has 84 valence electrons. The van der Waals surface area contributed by atoms with Crippen molar-refractivity contribution in [3.05, 3.63) is 0 Å². The fourth-order valence-corrected chi connectivity index (χ4v) is 1.24. The van der Waals surface area contributed by atoms with Gasteiger partial charge >= 0.3 is 5.97 Å². The maximum absolute atomic E-state index is 10.4. The number of hydrogen-bond acceptors (Lipinski definition) is 3. The SMILES string of the molecule is C1CCNCC1.CCCC(=O)OCC. The molecular weight excluding hydrogens is 178 g/mol. The molecule has 0 bridgehead atoms. The first-order valence-electron chi connectivity index (χ1n) is 5.67. The summed E-state index contributed by atoms with van der Waals surface area (Å²) >= 11 is 0. The zero-order valence-electron chi connectivity index (χ0n) is 9.47. The smallest absolute Gasteiger partial charge is 0.305 e. The highest BCUT2D eigenvalue weighted by molar-refractivity contribution is 5.69. The van der Waals surface area contributed by atoms with Gasteiger partial charge in [0.2, 0.25) is 0 Å². The molecule has 1 N–H and O–H groups in total. The van der Waals surface area contributed by atoms with Gasteiger partial charge in [0.1, 0.15) is 0 Å². The number of esters is 1. The minimum absolute atomic E-state index is 0.0880. The number of ether oxygens (including phenoxy) is 1. The number of hydrogen-bond donors (Lipinski definition) is 1. The Morgan fingerprint density at radius 1 is 1.21 bits per heavy atom. The molecular formula is C11H23NO2. The Kier molecular flexibility index (Phi) is 10.1. The molecule has 0 unspecified atom stereocenters. The van der Waals surface area contributed by atoms with Crippen LogP contribution < -0.4 is 5.32 Å². The third-order valence-corrected chi connectivity index (χ3v) is 1.97. The van der Waals surface area contributed by atoms with Gasteiger partial charge in [-0.15, -0.1) is 0 Å². The lowest BCUT2D eigenvalue weighted by molar-refractivity contribution is -0.143. The van der Waals surface area contributed by atoms with E-state index in [0.29, 0.717) is 13.0 Å². The van der Waals surface area contributed by atoms with Gasteiger partial charge in [0.05, 0.1) is 6.61 Å². The van der Waals surface area contributed by atoms with Crippen molar-refractivity contribution in [2.45, 2.75) is 46.0 Å². The highest BCUT2D eigenvalue weighted by Crippen LogP contribution is 1.96. The molecule has 1 heterocycles. The van der Waals surface area contributed by atoms with E-state index in [4.69, 9.17) is 0 Å². The fourth-order valence-electron chi connectivity index (χ4n) is 1.24. The first-order chi connectivity index (χ1) is 6.81. The van der Waals surface area contributed by atoms with Crippen molar-refractivity contribution in [3.63, 3.8) is 0 Å². The molecule has 0 saturated carbocycles. The van der Waals surface area contributed by atoms with Gasteiger partial charge in [0.25, 0.3) is 0 Å². The summed E-state index contributed by atoms with van der Waals surface area (Å²) in [5.41, 5.74) is 0. The van der Waals surface area contributed by atoms with Gasteiger partial charge in [-0.1, -0.05) is 13.3 Å². The van der Waals surface area contributed by atoms with E-state index in [1.807, 2.05) is 13.8 Å². The summed E-state index contributed by atoms with van der Waals surface area (Å²) in [6.07, 6.45) is 5.64. The average Bonchev–Trinajstić information content (AvgIpc) is 2.22. The van der Waals surface area contributed by atoms with Crippen molar-refractivity contribution in [1.82, 2.24) is 5.32 Å². The van der Waals surface area contributed by atoms with Crippen LogP contribution in [-0.2, 0) is 9.53 Å². The Morgan fingerprint density at radius 3 is 2.14 bits per heavy atom. The minimum Gasteiger partial charge on any atom is -0.466 e. The maximum Gasteiger partial charge on any atom is 0.305 e. The Morgan fingerprint density at radius 2 is 1.86 bits per heavy atom.